The molecule has 0 radical (unpaired) electrons. The van der Waals surface area contributed by atoms with E-state index in [1.54, 1.807) is 0 Å². The Kier molecular flexibility index (Phi) is 2.81. The zero-order valence-electron chi connectivity index (χ0n) is 11.7. The number of benzene rings is 1. The zero-order valence-corrected chi connectivity index (χ0v) is 11.7. The minimum absolute atomic E-state index is 0.0375. The van der Waals surface area contributed by atoms with Crippen molar-refractivity contribution in [3.05, 3.63) is 78.5 Å². The SMILES string of the molecule is C1=CC2CC2(N=Cc2cccc(-c3ccccn3)c2)C=C1. The van der Waals surface area contributed by atoms with E-state index in [0.29, 0.717) is 5.92 Å². The van der Waals surface area contributed by atoms with E-state index in [2.05, 4.69) is 53.6 Å². The number of nitrogens with zero attached hydrogens (tertiary/aromatic N) is 2. The normalized spacial score (nSPS) is 26.0. The number of aromatic nitrogens is 1. The highest BCUT2D eigenvalue weighted by Gasteiger charge is 2.51. The van der Waals surface area contributed by atoms with E-state index in [4.69, 9.17) is 4.99 Å². The molecule has 0 aliphatic heterocycles. The Morgan fingerprint density at radius 3 is 3.00 bits per heavy atom. The van der Waals surface area contributed by atoms with Crippen LogP contribution in [-0.2, 0) is 0 Å². The van der Waals surface area contributed by atoms with Gasteiger partial charge in [-0.25, -0.2) is 0 Å². The summed E-state index contributed by atoms with van der Waals surface area (Å²) in [6.07, 6.45) is 13.6. The summed E-state index contributed by atoms with van der Waals surface area (Å²) in [6.45, 7) is 0. The molecule has 0 N–H and O–H groups in total. The molecule has 1 aromatic carbocycles. The Labute approximate surface area is 124 Å². The summed E-state index contributed by atoms with van der Waals surface area (Å²) in [6, 6.07) is 14.3. The van der Waals surface area contributed by atoms with Crippen LogP contribution in [0.5, 0.6) is 0 Å². The first-order chi connectivity index (χ1) is 10.4. The zero-order chi connectivity index (χ0) is 14.1. The van der Waals surface area contributed by atoms with Gasteiger partial charge in [0, 0.05) is 23.9 Å². The first-order valence-corrected chi connectivity index (χ1v) is 7.28. The molecule has 0 spiro atoms. The van der Waals surface area contributed by atoms with E-state index in [0.717, 1.165) is 23.2 Å². The predicted molar refractivity (Wildman–Crippen MR) is 86.4 cm³/mol. The molecule has 2 heteroatoms. The van der Waals surface area contributed by atoms with E-state index in [-0.39, 0.29) is 5.54 Å². The van der Waals surface area contributed by atoms with Gasteiger partial charge in [-0.2, -0.15) is 0 Å². The second-order valence-electron chi connectivity index (χ2n) is 5.64. The molecular formula is C19H16N2. The highest BCUT2D eigenvalue weighted by molar-refractivity contribution is 5.83. The lowest BCUT2D eigenvalue weighted by Crippen LogP contribution is -2.06. The summed E-state index contributed by atoms with van der Waals surface area (Å²) in [5.41, 5.74) is 3.29. The molecule has 2 aliphatic rings. The van der Waals surface area contributed by atoms with Crippen LogP contribution in [-0.4, -0.2) is 16.7 Å². The monoisotopic (exact) mass is 272 g/mol. The van der Waals surface area contributed by atoms with Gasteiger partial charge in [-0.3, -0.25) is 9.98 Å². The fraction of sp³-hybridized carbons (Fsp3) is 0.158. The fourth-order valence-corrected chi connectivity index (χ4v) is 2.84. The molecule has 21 heavy (non-hydrogen) atoms. The summed E-state index contributed by atoms with van der Waals surface area (Å²) < 4.78 is 0. The van der Waals surface area contributed by atoms with Crippen molar-refractivity contribution in [1.82, 2.24) is 4.98 Å². The van der Waals surface area contributed by atoms with Gasteiger partial charge in [0.1, 0.15) is 0 Å². The lowest BCUT2D eigenvalue weighted by atomic mass is 10.1. The minimum atomic E-state index is 0.0375. The highest BCUT2D eigenvalue weighted by Crippen LogP contribution is 2.50. The van der Waals surface area contributed by atoms with Gasteiger partial charge in [0.15, 0.2) is 0 Å². The molecule has 2 atom stereocenters. The standard InChI is InChI=1S/C19H16N2/c1-3-10-19(13-17(19)8-1)21-14-15-6-5-7-16(12-15)18-9-2-4-11-20-18/h1-12,14,17H,13H2. The van der Waals surface area contributed by atoms with E-state index < -0.39 is 0 Å². The van der Waals surface area contributed by atoms with Crippen LogP contribution in [0.15, 0.2) is 78.0 Å². The molecule has 0 saturated heterocycles. The molecule has 1 aromatic heterocycles. The Balaban J connectivity index is 1.60. The van der Waals surface area contributed by atoms with Crippen molar-refractivity contribution in [2.24, 2.45) is 10.9 Å². The summed E-state index contributed by atoms with van der Waals surface area (Å²) in [7, 11) is 0. The number of hydrogen-bond donors (Lipinski definition) is 0. The molecule has 1 saturated carbocycles. The van der Waals surface area contributed by atoms with Crippen LogP contribution < -0.4 is 0 Å². The molecule has 4 rings (SSSR count). The Morgan fingerprint density at radius 1 is 1.14 bits per heavy atom. The maximum absolute atomic E-state index is 4.81. The number of aliphatic imine (C=N–C) groups is 1. The molecule has 2 aliphatic carbocycles. The van der Waals surface area contributed by atoms with Gasteiger partial charge in [0.25, 0.3) is 0 Å². The summed E-state index contributed by atoms with van der Waals surface area (Å²) in [5.74, 6) is 0.595. The van der Waals surface area contributed by atoms with E-state index in [9.17, 15) is 0 Å². The molecule has 1 fully saturated rings. The molecule has 2 unspecified atom stereocenters. The average Bonchev–Trinajstić information content (AvgIpc) is 3.29. The second kappa shape index (κ2) is 4.81. The topological polar surface area (TPSA) is 25.2 Å². The molecule has 0 bridgehead atoms. The van der Waals surface area contributed by atoms with Crippen molar-refractivity contribution in [1.29, 1.82) is 0 Å². The first-order valence-electron chi connectivity index (χ1n) is 7.28. The maximum Gasteiger partial charge on any atom is 0.0860 e. The number of rotatable bonds is 3. The summed E-state index contributed by atoms with van der Waals surface area (Å²) >= 11 is 0. The first kappa shape index (κ1) is 12.3. The molecule has 2 aromatic rings. The van der Waals surface area contributed by atoms with Gasteiger partial charge in [0.2, 0.25) is 0 Å². The van der Waals surface area contributed by atoms with Crippen LogP contribution in [0.4, 0.5) is 0 Å². The van der Waals surface area contributed by atoms with E-state index in [1.165, 1.54) is 0 Å². The number of fused-ring (bicyclic) bond motifs is 1. The van der Waals surface area contributed by atoms with Gasteiger partial charge in [-0.05, 0) is 30.2 Å². The Hall–Kier alpha value is -2.48. The largest absolute Gasteiger partial charge is 0.281 e. The number of hydrogen-bond acceptors (Lipinski definition) is 2. The van der Waals surface area contributed by atoms with Crippen molar-refractivity contribution < 1.29 is 0 Å². The molecular weight excluding hydrogens is 256 g/mol. The van der Waals surface area contributed by atoms with Crippen molar-refractivity contribution in [3.8, 4) is 11.3 Å². The van der Waals surface area contributed by atoms with Gasteiger partial charge < -0.3 is 0 Å². The third kappa shape index (κ3) is 2.33. The molecule has 1 heterocycles. The highest BCUT2D eigenvalue weighted by atomic mass is 14.9. The quantitative estimate of drug-likeness (QED) is 0.774. The van der Waals surface area contributed by atoms with Crippen LogP contribution in [0.2, 0.25) is 0 Å². The van der Waals surface area contributed by atoms with Crippen LogP contribution in [0.25, 0.3) is 11.3 Å². The summed E-state index contributed by atoms with van der Waals surface area (Å²) in [5, 5.41) is 0. The molecule has 0 amide bonds. The van der Waals surface area contributed by atoms with Crippen molar-refractivity contribution >= 4 is 6.21 Å². The number of pyridine rings is 1. The lowest BCUT2D eigenvalue weighted by molar-refractivity contribution is 0.798. The fourth-order valence-electron chi connectivity index (χ4n) is 2.84. The Bertz CT molecular complexity index is 743. The third-order valence-corrected chi connectivity index (χ3v) is 4.17. The van der Waals surface area contributed by atoms with E-state index in [1.807, 2.05) is 30.6 Å². The lowest BCUT2D eigenvalue weighted by Gasteiger charge is -2.07. The van der Waals surface area contributed by atoms with Gasteiger partial charge in [-0.15, -0.1) is 0 Å². The Morgan fingerprint density at radius 2 is 2.14 bits per heavy atom. The van der Waals surface area contributed by atoms with Crippen LogP contribution in [0.3, 0.4) is 0 Å². The average molecular weight is 272 g/mol. The molecule has 2 nitrogen and oxygen atoms in total. The molecule has 102 valence electrons. The van der Waals surface area contributed by atoms with E-state index >= 15 is 0 Å². The van der Waals surface area contributed by atoms with Crippen LogP contribution in [0, 0.1) is 5.92 Å². The van der Waals surface area contributed by atoms with Crippen molar-refractivity contribution in [2.45, 2.75) is 12.0 Å². The minimum Gasteiger partial charge on any atom is -0.281 e. The summed E-state index contributed by atoms with van der Waals surface area (Å²) in [4.78, 5) is 9.21. The maximum atomic E-state index is 4.81. The van der Waals surface area contributed by atoms with Gasteiger partial charge >= 0.3 is 0 Å². The van der Waals surface area contributed by atoms with Crippen molar-refractivity contribution in [2.75, 3.05) is 0 Å². The third-order valence-electron chi connectivity index (χ3n) is 4.17. The second-order valence-corrected chi connectivity index (χ2v) is 5.64. The van der Waals surface area contributed by atoms with Crippen molar-refractivity contribution in [3.63, 3.8) is 0 Å². The predicted octanol–water partition coefficient (Wildman–Crippen LogP) is 4.05. The van der Waals surface area contributed by atoms with Gasteiger partial charge in [-0.1, -0.05) is 48.6 Å². The van der Waals surface area contributed by atoms with Gasteiger partial charge in [0.05, 0.1) is 11.2 Å². The van der Waals surface area contributed by atoms with Crippen LogP contribution >= 0.6 is 0 Å². The smallest absolute Gasteiger partial charge is 0.0860 e. The van der Waals surface area contributed by atoms with Crippen LogP contribution in [0.1, 0.15) is 12.0 Å². The number of allylic oxidation sites excluding steroid dienone is 2.